The summed E-state index contributed by atoms with van der Waals surface area (Å²) >= 11 is 0. The van der Waals surface area contributed by atoms with E-state index in [0.29, 0.717) is 36.3 Å². The van der Waals surface area contributed by atoms with Crippen molar-refractivity contribution < 1.29 is 18.0 Å². The van der Waals surface area contributed by atoms with Crippen molar-refractivity contribution in [3.8, 4) is 11.4 Å². The Bertz CT molecular complexity index is 1370. The number of H-pyrrole nitrogens is 1. The lowest BCUT2D eigenvalue weighted by molar-refractivity contribution is -0.137. The Morgan fingerprint density at radius 1 is 1.03 bits per heavy atom. The number of anilines is 1. The van der Waals surface area contributed by atoms with Crippen LogP contribution in [0.4, 0.5) is 19.0 Å². The van der Waals surface area contributed by atoms with Crippen LogP contribution in [0.2, 0.25) is 0 Å². The molecule has 4 aromatic rings. The van der Waals surface area contributed by atoms with E-state index in [1.165, 1.54) is 16.9 Å². The average Bonchev–Trinajstić information content (AvgIpc) is 3.33. The van der Waals surface area contributed by atoms with Gasteiger partial charge < -0.3 is 10.6 Å². The molecule has 13 heteroatoms. The van der Waals surface area contributed by atoms with Crippen LogP contribution >= 0.6 is 0 Å². The summed E-state index contributed by atoms with van der Waals surface area (Å²) in [5.74, 6) is 0.534. The lowest BCUT2D eigenvalue weighted by atomic mass is 10.1. The van der Waals surface area contributed by atoms with E-state index in [9.17, 15) is 22.8 Å². The van der Waals surface area contributed by atoms with Crippen molar-refractivity contribution in [3.05, 3.63) is 64.4 Å². The Balaban J connectivity index is 1.19. The van der Waals surface area contributed by atoms with Crippen LogP contribution in [0.25, 0.3) is 22.2 Å². The summed E-state index contributed by atoms with van der Waals surface area (Å²) in [6, 6.07) is 11.6. The van der Waals surface area contributed by atoms with E-state index < -0.39 is 11.7 Å². The number of amides is 1. The van der Waals surface area contributed by atoms with Gasteiger partial charge in [-0.3, -0.25) is 9.59 Å². The highest BCUT2D eigenvalue weighted by Gasteiger charge is 2.30. The molecule has 0 aliphatic rings. The van der Waals surface area contributed by atoms with Gasteiger partial charge in [-0.2, -0.15) is 23.1 Å². The van der Waals surface area contributed by atoms with Crippen molar-refractivity contribution >= 4 is 22.5 Å². The minimum Gasteiger partial charge on any atom is -0.368 e. The molecule has 0 unspecified atom stereocenters. The molecule has 0 spiro atoms. The van der Waals surface area contributed by atoms with Crippen LogP contribution in [0, 0.1) is 0 Å². The molecule has 2 heterocycles. The van der Waals surface area contributed by atoms with Crippen molar-refractivity contribution in [1.29, 1.82) is 0 Å². The second kappa shape index (κ2) is 10.3. The molecule has 1 amide bonds. The number of fused-ring (bicyclic) bond motifs is 1. The summed E-state index contributed by atoms with van der Waals surface area (Å²) in [6.45, 7) is 1.13. The summed E-state index contributed by atoms with van der Waals surface area (Å²) < 4.78 is 38.0. The topological polar surface area (TPSA) is 130 Å². The average molecular weight is 486 g/mol. The third kappa shape index (κ3) is 5.99. The highest BCUT2D eigenvalue weighted by molar-refractivity contribution is 5.90. The van der Waals surface area contributed by atoms with Gasteiger partial charge in [-0.15, -0.1) is 10.2 Å². The summed E-state index contributed by atoms with van der Waals surface area (Å²) in [7, 11) is 0. The smallest absolute Gasteiger partial charge is 0.368 e. The maximum atomic E-state index is 12.7. The summed E-state index contributed by atoms with van der Waals surface area (Å²) in [5.41, 5.74) is -0.624. The molecule has 0 atom stereocenters. The zero-order chi connectivity index (χ0) is 24.8. The molecular formula is C22H21F3N8O2. The van der Waals surface area contributed by atoms with E-state index in [4.69, 9.17) is 0 Å². The summed E-state index contributed by atoms with van der Waals surface area (Å²) in [5, 5.41) is 25.5. The predicted octanol–water partition coefficient (Wildman–Crippen LogP) is 2.60. The number of aromatic nitrogens is 6. The number of halogens is 3. The Kier molecular flexibility index (Phi) is 7.03. The number of nitrogens with one attached hydrogen (secondary N) is 3. The van der Waals surface area contributed by atoms with Crippen molar-refractivity contribution in [3.63, 3.8) is 0 Å². The molecule has 35 heavy (non-hydrogen) atoms. The maximum Gasteiger partial charge on any atom is 0.416 e. The number of rotatable bonds is 9. The predicted molar refractivity (Wildman–Crippen MR) is 121 cm³/mol. The Labute approximate surface area is 196 Å². The molecule has 10 nitrogen and oxygen atoms in total. The van der Waals surface area contributed by atoms with Gasteiger partial charge in [0.2, 0.25) is 11.7 Å². The Morgan fingerprint density at radius 2 is 1.77 bits per heavy atom. The highest BCUT2D eigenvalue weighted by Crippen LogP contribution is 2.30. The quantitative estimate of drug-likeness (QED) is 0.310. The van der Waals surface area contributed by atoms with Crippen molar-refractivity contribution in [2.75, 3.05) is 18.4 Å². The first-order valence-corrected chi connectivity index (χ1v) is 10.7. The minimum absolute atomic E-state index is 0.113. The molecule has 0 bridgehead atoms. The number of hydrogen-bond donors (Lipinski definition) is 3. The number of alkyl halides is 3. The van der Waals surface area contributed by atoms with Gasteiger partial charge in [-0.25, -0.2) is 5.10 Å². The number of aromatic amines is 1. The first kappa shape index (κ1) is 23.9. The second-order valence-electron chi connectivity index (χ2n) is 7.61. The number of hydrogen-bond acceptors (Lipinski definition) is 7. The largest absolute Gasteiger partial charge is 0.416 e. The van der Waals surface area contributed by atoms with Crippen LogP contribution in [0.1, 0.15) is 18.4 Å². The van der Waals surface area contributed by atoms with Crippen LogP contribution in [-0.2, 0) is 17.5 Å². The molecule has 0 radical (unpaired) electrons. The van der Waals surface area contributed by atoms with Crippen LogP contribution in [0.5, 0.6) is 0 Å². The Hall–Kier alpha value is -4.29. The summed E-state index contributed by atoms with van der Waals surface area (Å²) in [6.07, 6.45) is -3.68. The number of tetrazole rings is 1. The molecule has 3 N–H and O–H groups in total. The third-order valence-electron chi connectivity index (χ3n) is 5.13. The molecule has 2 aromatic heterocycles. The standard InChI is InChI=1S/C22H21F3N8O2/c23-22(24,25)15-8-6-14(7-9-15)19-29-32-33(31-19)13-10-18(34)26-11-3-12-27-20-16-4-1-2-5-17(16)21(35)30-28-20/h1-2,4-9H,3,10-13H2,(H,26,34)(H,27,28)(H,30,35). The molecule has 2 aromatic carbocycles. The van der Waals surface area contributed by atoms with E-state index in [1.54, 1.807) is 12.1 Å². The van der Waals surface area contributed by atoms with Crippen LogP contribution < -0.4 is 16.2 Å². The molecule has 0 aliphatic carbocycles. The van der Waals surface area contributed by atoms with Gasteiger partial charge in [-0.05, 0) is 29.8 Å². The number of aryl methyl sites for hydroxylation is 1. The Morgan fingerprint density at radius 3 is 2.51 bits per heavy atom. The normalized spacial score (nSPS) is 11.5. The first-order valence-electron chi connectivity index (χ1n) is 10.7. The van der Waals surface area contributed by atoms with Crippen molar-refractivity contribution in [2.45, 2.75) is 25.6 Å². The fraction of sp³-hybridized carbons (Fsp3) is 0.273. The van der Waals surface area contributed by atoms with Crippen LogP contribution in [0.15, 0.2) is 53.3 Å². The molecule has 182 valence electrons. The lowest BCUT2D eigenvalue weighted by Gasteiger charge is -2.08. The van der Waals surface area contributed by atoms with Crippen LogP contribution in [-0.4, -0.2) is 49.4 Å². The fourth-order valence-electron chi connectivity index (χ4n) is 3.32. The second-order valence-corrected chi connectivity index (χ2v) is 7.61. The molecule has 0 fully saturated rings. The van der Waals surface area contributed by atoms with Crippen LogP contribution in [0.3, 0.4) is 0 Å². The molecule has 0 aliphatic heterocycles. The maximum absolute atomic E-state index is 12.7. The van der Waals surface area contributed by atoms with Gasteiger partial charge in [0.1, 0.15) is 0 Å². The SMILES string of the molecule is O=C(CCn1nnc(-c2ccc(C(F)(F)F)cc2)n1)NCCCNc1n[nH]c(=O)c2ccccc12. The van der Waals surface area contributed by atoms with Gasteiger partial charge in [0.15, 0.2) is 5.82 Å². The van der Waals surface area contributed by atoms with Gasteiger partial charge in [0.05, 0.1) is 17.5 Å². The zero-order valence-electron chi connectivity index (χ0n) is 18.3. The minimum atomic E-state index is -4.42. The first-order chi connectivity index (χ1) is 16.8. The fourth-order valence-corrected chi connectivity index (χ4v) is 3.32. The number of benzene rings is 2. The molecule has 0 saturated carbocycles. The lowest BCUT2D eigenvalue weighted by Crippen LogP contribution is -2.27. The van der Waals surface area contributed by atoms with E-state index in [1.807, 2.05) is 12.1 Å². The number of nitrogens with zero attached hydrogens (tertiary/aromatic N) is 5. The van der Waals surface area contributed by atoms with E-state index >= 15 is 0 Å². The monoisotopic (exact) mass is 486 g/mol. The highest BCUT2D eigenvalue weighted by atomic mass is 19.4. The molecule has 0 saturated heterocycles. The number of carbonyl (C=O) groups is 1. The van der Waals surface area contributed by atoms with Crippen molar-refractivity contribution in [1.82, 2.24) is 35.7 Å². The summed E-state index contributed by atoms with van der Waals surface area (Å²) in [4.78, 5) is 25.1. The van der Waals surface area contributed by atoms with Gasteiger partial charge in [0, 0.05) is 30.5 Å². The van der Waals surface area contributed by atoms with E-state index in [0.717, 1.165) is 17.5 Å². The van der Waals surface area contributed by atoms with Gasteiger partial charge in [0.25, 0.3) is 5.56 Å². The van der Waals surface area contributed by atoms with Gasteiger partial charge in [-0.1, -0.05) is 30.3 Å². The van der Waals surface area contributed by atoms with E-state index in [2.05, 4.69) is 36.2 Å². The van der Waals surface area contributed by atoms with Gasteiger partial charge >= 0.3 is 6.18 Å². The molecular weight excluding hydrogens is 465 g/mol. The van der Waals surface area contributed by atoms with Crippen molar-refractivity contribution in [2.24, 2.45) is 0 Å². The molecule has 4 rings (SSSR count). The third-order valence-corrected chi connectivity index (χ3v) is 5.13. The zero-order valence-corrected chi connectivity index (χ0v) is 18.3. The van der Waals surface area contributed by atoms with E-state index in [-0.39, 0.29) is 30.3 Å². The number of carbonyl (C=O) groups excluding carboxylic acids is 1.